The minimum Gasteiger partial charge on any atom is -0.465 e. The Morgan fingerprint density at radius 2 is 1.81 bits per heavy atom. The monoisotopic (exact) mass is 412 g/mol. The Balaban J connectivity index is 1.81. The predicted octanol–water partition coefficient (Wildman–Crippen LogP) is 2.46. The van der Waals surface area contributed by atoms with Crippen LogP contribution in [0.4, 0.5) is 0 Å². The van der Waals surface area contributed by atoms with Crippen LogP contribution in [0.5, 0.6) is 0 Å². The second-order valence-electron chi connectivity index (χ2n) is 7.08. The minimum atomic E-state index is -3.59. The van der Waals surface area contributed by atoms with Crippen LogP contribution in [-0.4, -0.2) is 74.4 Å². The molecule has 2 aliphatic heterocycles. The van der Waals surface area contributed by atoms with Crippen molar-refractivity contribution in [1.29, 1.82) is 0 Å². The molecule has 1 aromatic carbocycles. The Kier molecular flexibility index (Phi) is 7.19. The molecule has 27 heavy (non-hydrogen) atoms. The third-order valence-corrected chi connectivity index (χ3v) is 8.35. The molecule has 0 aliphatic carbocycles. The van der Waals surface area contributed by atoms with E-state index in [-0.39, 0.29) is 10.9 Å². The van der Waals surface area contributed by atoms with Crippen LogP contribution in [0.3, 0.4) is 0 Å². The fourth-order valence-corrected chi connectivity index (χ4v) is 6.53. The number of ether oxygens (including phenoxy) is 1. The summed E-state index contributed by atoms with van der Waals surface area (Å²) in [6.07, 6.45) is 4.52. The van der Waals surface area contributed by atoms with Crippen molar-refractivity contribution in [3.8, 4) is 0 Å². The summed E-state index contributed by atoms with van der Waals surface area (Å²) in [6, 6.07) is 6.05. The lowest BCUT2D eigenvalue weighted by Gasteiger charge is -2.35. The van der Waals surface area contributed by atoms with E-state index in [4.69, 9.17) is 0 Å². The van der Waals surface area contributed by atoms with Gasteiger partial charge in [-0.15, -0.1) is 0 Å². The molecule has 2 heterocycles. The number of hydrogen-bond acceptors (Lipinski definition) is 6. The summed E-state index contributed by atoms with van der Waals surface area (Å²) in [6.45, 7) is 3.46. The van der Waals surface area contributed by atoms with E-state index >= 15 is 0 Å². The number of piperidine rings is 1. The van der Waals surface area contributed by atoms with E-state index in [1.807, 2.05) is 11.8 Å². The van der Waals surface area contributed by atoms with E-state index < -0.39 is 16.0 Å². The number of nitrogens with zero attached hydrogens (tertiary/aromatic N) is 2. The topological polar surface area (TPSA) is 66.9 Å². The first-order chi connectivity index (χ1) is 13.0. The number of carbonyl (C=O) groups is 1. The quantitative estimate of drug-likeness (QED) is 0.692. The maximum atomic E-state index is 13.3. The fraction of sp³-hybridized carbons (Fsp3) is 0.632. The van der Waals surface area contributed by atoms with Gasteiger partial charge in [-0.25, -0.2) is 13.2 Å². The number of likely N-dealkylation sites (tertiary alicyclic amines) is 1. The van der Waals surface area contributed by atoms with Crippen LogP contribution in [-0.2, 0) is 14.8 Å². The second-order valence-corrected chi connectivity index (χ2v) is 10.1. The zero-order chi connectivity index (χ0) is 19.3. The third-order valence-electron chi connectivity index (χ3n) is 5.18. The number of esters is 1. The minimum absolute atomic E-state index is 0.0131. The van der Waals surface area contributed by atoms with Gasteiger partial charge in [0.1, 0.15) is 0 Å². The van der Waals surface area contributed by atoms with Gasteiger partial charge in [0.15, 0.2) is 0 Å². The lowest BCUT2D eigenvalue weighted by atomic mass is 10.1. The molecule has 0 saturated carbocycles. The van der Waals surface area contributed by atoms with Gasteiger partial charge in [-0.05, 0) is 62.4 Å². The third kappa shape index (κ3) is 5.04. The van der Waals surface area contributed by atoms with E-state index in [1.54, 1.807) is 4.31 Å². The molecule has 8 heteroatoms. The molecular weight excluding hydrogens is 384 g/mol. The Hall–Kier alpha value is -1.09. The van der Waals surface area contributed by atoms with Crippen molar-refractivity contribution in [1.82, 2.24) is 9.21 Å². The maximum absolute atomic E-state index is 13.3. The molecule has 3 rings (SSSR count). The van der Waals surface area contributed by atoms with Gasteiger partial charge in [0.2, 0.25) is 10.0 Å². The Morgan fingerprint density at radius 3 is 2.48 bits per heavy atom. The highest BCUT2D eigenvalue weighted by Crippen LogP contribution is 2.26. The lowest BCUT2D eigenvalue weighted by Crippen LogP contribution is -2.49. The van der Waals surface area contributed by atoms with Crippen LogP contribution in [0.2, 0.25) is 0 Å². The largest absolute Gasteiger partial charge is 0.465 e. The molecule has 1 unspecified atom stereocenters. The van der Waals surface area contributed by atoms with Crippen LogP contribution < -0.4 is 0 Å². The van der Waals surface area contributed by atoms with Crippen molar-refractivity contribution in [3.63, 3.8) is 0 Å². The Labute approximate surface area is 166 Å². The van der Waals surface area contributed by atoms with Crippen LogP contribution in [0.25, 0.3) is 0 Å². The normalized spacial score (nSPS) is 22.9. The fourth-order valence-electron chi connectivity index (χ4n) is 3.72. The van der Waals surface area contributed by atoms with Crippen molar-refractivity contribution in [2.75, 3.05) is 44.8 Å². The van der Waals surface area contributed by atoms with Crippen molar-refractivity contribution in [2.45, 2.75) is 36.6 Å². The lowest BCUT2D eigenvalue weighted by molar-refractivity contribution is 0.0600. The molecule has 0 bridgehead atoms. The van der Waals surface area contributed by atoms with E-state index in [0.29, 0.717) is 12.1 Å². The number of methoxy groups -OCH3 is 1. The van der Waals surface area contributed by atoms with Crippen LogP contribution in [0.1, 0.15) is 36.0 Å². The highest BCUT2D eigenvalue weighted by Gasteiger charge is 2.34. The number of benzene rings is 1. The summed E-state index contributed by atoms with van der Waals surface area (Å²) in [5.41, 5.74) is 0.354. The molecule has 2 fully saturated rings. The van der Waals surface area contributed by atoms with Crippen molar-refractivity contribution in [3.05, 3.63) is 29.8 Å². The van der Waals surface area contributed by atoms with Gasteiger partial charge in [-0.2, -0.15) is 16.1 Å². The Morgan fingerprint density at radius 1 is 1.11 bits per heavy atom. The molecule has 2 aliphatic rings. The maximum Gasteiger partial charge on any atom is 0.337 e. The van der Waals surface area contributed by atoms with Gasteiger partial charge in [0.05, 0.1) is 17.6 Å². The first kappa shape index (κ1) is 20.6. The predicted molar refractivity (Wildman–Crippen MR) is 108 cm³/mol. The summed E-state index contributed by atoms with van der Waals surface area (Å²) in [5, 5.41) is 0. The number of rotatable bonds is 5. The number of hydrogen-bond donors (Lipinski definition) is 0. The summed E-state index contributed by atoms with van der Waals surface area (Å²) in [5.74, 6) is 1.35. The molecule has 0 amide bonds. The van der Waals surface area contributed by atoms with Gasteiger partial charge in [0.25, 0.3) is 0 Å². The van der Waals surface area contributed by atoms with E-state index in [2.05, 4.69) is 9.64 Å². The van der Waals surface area contributed by atoms with E-state index in [1.165, 1.54) is 50.6 Å². The summed E-state index contributed by atoms with van der Waals surface area (Å²) < 4.78 is 33.0. The highest BCUT2D eigenvalue weighted by molar-refractivity contribution is 7.99. The van der Waals surface area contributed by atoms with Gasteiger partial charge >= 0.3 is 5.97 Å². The Bertz CT molecular complexity index is 731. The molecule has 0 radical (unpaired) electrons. The van der Waals surface area contributed by atoms with Crippen molar-refractivity contribution >= 4 is 27.8 Å². The van der Waals surface area contributed by atoms with Gasteiger partial charge in [-0.1, -0.05) is 6.42 Å². The highest BCUT2D eigenvalue weighted by atomic mass is 32.2. The van der Waals surface area contributed by atoms with Gasteiger partial charge in [-0.3, -0.25) is 0 Å². The SMILES string of the molecule is COC(=O)c1ccc(S(=O)(=O)N2CCCSCC2CN2CCCCC2)cc1. The van der Waals surface area contributed by atoms with Crippen LogP contribution in [0, 0.1) is 0 Å². The number of thioether (sulfide) groups is 1. The smallest absolute Gasteiger partial charge is 0.337 e. The molecule has 0 N–H and O–H groups in total. The number of sulfonamides is 1. The standard InChI is InChI=1S/C19H28N2O4S2/c1-25-19(22)16-6-8-18(9-7-16)27(23,24)21-12-5-13-26-15-17(21)14-20-10-3-2-4-11-20/h6-9,17H,2-5,10-15H2,1H3. The van der Waals surface area contributed by atoms with Gasteiger partial charge in [0, 0.05) is 24.9 Å². The van der Waals surface area contributed by atoms with E-state index in [9.17, 15) is 13.2 Å². The molecule has 1 aromatic rings. The molecular formula is C19H28N2O4S2. The second kappa shape index (κ2) is 9.41. The molecule has 0 spiro atoms. The van der Waals surface area contributed by atoms with Gasteiger partial charge < -0.3 is 9.64 Å². The summed E-state index contributed by atoms with van der Waals surface area (Å²) in [7, 11) is -2.28. The molecule has 1 atom stereocenters. The average Bonchev–Trinajstić information content (AvgIpc) is 2.94. The van der Waals surface area contributed by atoms with Crippen LogP contribution >= 0.6 is 11.8 Å². The first-order valence-corrected chi connectivity index (χ1v) is 12.1. The van der Waals surface area contributed by atoms with Crippen molar-refractivity contribution in [2.24, 2.45) is 0 Å². The zero-order valence-corrected chi connectivity index (χ0v) is 17.4. The van der Waals surface area contributed by atoms with Crippen molar-refractivity contribution < 1.29 is 17.9 Å². The van der Waals surface area contributed by atoms with E-state index in [0.717, 1.165) is 37.6 Å². The summed E-state index contributed by atoms with van der Waals surface area (Å²) in [4.78, 5) is 14.3. The molecule has 0 aromatic heterocycles. The molecule has 2 saturated heterocycles. The summed E-state index contributed by atoms with van der Waals surface area (Å²) >= 11 is 1.84. The molecule has 6 nitrogen and oxygen atoms in total. The van der Waals surface area contributed by atoms with Crippen LogP contribution in [0.15, 0.2) is 29.2 Å². The zero-order valence-electron chi connectivity index (χ0n) is 15.8. The number of carbonyl (C=O) groups excluding carboxylic acids is 1. The molecule has 150 valence electrons. The average molecular weight is 413 g/mol. The first-order valence-electron chi connectivity index (χ1n) is 9.52.